The van der Waals surface area contributed by atoms with Gasteiger partial charge in [-0.15, -0.1) is 0 Å². The Labute approximate surface area is 76.3 Å². The van der Waals surface area contributed by atoms with Gasteiger partial charge in [-0.1, -0.05) is 30.3 Å². The smallest absolute Gasteiger partial charge is 0.310 e. The summed E-state index contributed by atoms with van der Waals surface area (Å²) in [7, 11) is 0. The quantitative estimate of drug-likeness (QED) is 0.663. The maximum atomic E-state index is 11.6. The first-order valence-electron chi connectivity index (χ1n) is 4.08. The first-order valence-corrected chi connectivity index (χ1v) is 4.08. The predicted molar refractivity (Wildman–Crippen MR) is 47.1 cm³/mol. The Kier molecular flexibility index (Phi) is 3.96. The van der Waals surface area contributed by atoms with Gasteiger partial charge < -0.3 is 4.74 Å². The zero-order valence-electron chi connectivity index (χ0n) is 7.20. The first kappa shape index (κ1) is 9.71. The molecule has 0 aliphatic carbocycles. The molecule has 13 heavy (non-hydrogen) atoms. The Morgan fingerprint density at radius 2 is 2.00 bits per heavy atom. The molecule has 2 nitrogen and oxygen atoms in total. The molecule has 0 fully saturated rings. The number of ether oxygens (including phenoxy) is 1. The van der Waals surface area contributed by atoms with E-state index >= 15 is 0 Å². The van der Waals surface area contributed by atoms with Crippen molar-refractivity contribution in [1.82, 2.24) is 0 Å². The van der Waals surface area contributed by atoms with Gasteiger partial charge in [-0.25, -0.2) is 4.39 Å². The lowest BCUT2D eigenvalue weighted by Crippen LogP contribution is -2.09. The molecule has 0 aromatic heterocycles. The molecule has 0 spiro atoms. The highest BCUT2D eigenvalue weighted by atomic mass is 19.1. The van der Waals surface area contributed by atoms with Gasteiger partial charge in [0.25, 0.3) is 0 Å². The number of carbonyl (C=O) groups is 1. The second kappa shape index (κ2) is 5.30. The predicted octanol–water partition coefficient (Wildman–Crippen LogP) is 1.74. The summed E-state index contributed by atoms with van der Waals surface area (Å²) >= 11 is 0. The van der Waals surface area contributed by atoms with Crippen molar-refractivity contribution in [2.45, 2.75) is 6.42 Å². The van der Waals surface area contributed by atoms with E-state index in [1.807, 2.05) is 30.3 Å². The summed E-state index contributed by atoms with van der Waals surface area (Å²) in [4.78, 5) is 11.0. The first-order chi connectivity index (χ1) is 6.33. The number of esters is 1. The summed E-state index contributed by atoms with van der Waals surface area (Å²) in [5.74, 6) is -0.385. The van der Waals surface area contributed by atoms with E-state index in [4.69, 9.17) is 0 Å². The van der Waals surface area contributed by atoms with Crippen molar-refractivity contribution in [3.8, 4) is 0 Å². The van der Waals surface area contributed by atoms with Crippen molar-refractivity contribution >= 4 is 5.97 Å². The highest BCUT2D eigenvalue weighted by Crippen LogP contribution is 2.00. The van der Waals surface area contributed by atoms with Gasteiger partial charge in [0.05, 0.1) is 6.42 Å². The molecule has 70 valence electrons. The number of halogens is 1. The van der Waals surface area contributed by atoms with Gasteiger partial charge >= 0.3 is 5.97 Å². The fourth-order valence-corrected chi connectivity index (χ4v) is 0.966. The number of benzene rings is 1. The lowest BCUT2D eigenvalue weighted by atomic mass is 10.2. The van der Waals surface area contributed by atoms with Crippen LogP contribution in [0.3, 0.4) is 0 Å². The monoisotopic (exact) mass is 182 g/mol. The molecule has 0 atom stereocenters. The van der Waals surface area contributed by atoms with Crippen LogP contribution in [0, 0.1) is 0 Å². The molecule has 0 aliphatic heterocycles. The molecule has 0 aliphatic rings. The molecule has 1 aromatic carbocycles. The Morgan fingerprint density at radius 1 is 1.31 bits per heavy atom. The van der Waals surface area contributed by atoms with Gasteiger partial charge in [-0.3, -0.25) is 4.79 Å². The average molecular weight is 182 g/mol. The summed E-state index contributed by atoms with van der Waals surface area (Å²) in [6.07, 6.45) is 0.209. The second-order valence-corrected chi connectivity index (χ2v) is 2.57. The van der Waals surface area contributed by atoms with E-state index in [-0.39, 0.29) is 19.0 Å². The molecule has 0 heterocycles. The third-order valence-electron chi connectivity index (χ3n) is 1.53. The van der Waals surface area contributed by atoms with E-state index < -0.39 is 6.67 Å². The Balaban J connectivity index is 2.37. The number of carbonyl (C=O) groups excluding carboxylic acids is 1. The minimum absolute atomic E-state index is 0.147. The lowest BCUT2D eigenvalue weighted by molar-refractivity contribution is -0.143. The molecule has 1 rings (SSSR count). The maximum absolute atomic E-state index is 11.6. The Hall–Kier alpha value is -1.38. The van der Waals surface area contributed by atoms with Gasteiger partial charge in [0.2, 0.25) is 0 Å². The van der Waals surface area contributed by atoms with Gasteiger partial charge in [0.1, 0.15) is 13.3 Å². The molecule has 0 bridgehead atoms. The van der Waals surface area contributed by atoms with E-state index in [1.54, 1.807) is 0 Å². The molecule has 0 N–H and O–H groups in total. The maximum Gasteiger partial charge on any atom is 0.310 e. The third-order valence-corrected chi connectivity index (χ3v) is 1.53. The molecule has 0 saturated carbocycles. The molecular formula is C10H11FO2. The minimum Gasteiger partial charge on any atom is -0.463 e. The molecule has 0 radical (unpaired) electrons. The van der Waals surface area contributed by atoms with Crippen molar-refractivity contribution in [3.63, 3.8) is 0 Å². The van der Waals surface area contributed by atoms with Crippen LogP contribution in [0.1, 0.15) is 5.56 Å². The normalized spacial score (nSPS) is 9.62. The summed E-state index contributed by atoms with van der Waals surface area (Å²) in [5.41, 5.74) is 0.881. The van der Waals surface area contributed by atoms with Crippen LogP contribution in [0.15, 0.2) is 30.3 Å². The highest BCUT2D eigenvalue weighted by Gasteiger charge is 2.02. The summed E-state index contributed by atoms with van der Waals surface area (Å²) < 4.78 is 16.2. The van der Waals surface area contributed by atoms with Gasteiger partial charge in [-0.05, 0) is 5.56 Å². The lowest BCUT2D eigenvalue weighted by Gasteiger charge is -2.01. The molecule has 1 aromatic rings. The molecule has 0 amide bonds. The van der Waals surface area contributed by atoms with Crippen molar-refractivity contribution < 1.29 is 13.9 Å². The molecular weight excluding hydrogens is 171 g/mol. The number of rotatable bonds is 4. The minimum atomic E-state index is -0.624. The number of hydrogen-bond acceptors (Lipinski definition) is 2. The van der Waals surface area contributed by atoms with Crippen LogP contribution in [0.5, 0.6) is 0 Å². The summed E-state index contributed by atoms with van der Waals surface area (Å²) in [5, 5.41) is 0. The van der Waals surface area contributed by atoms with Gasteiger partial charge in [0, 0.05) is 0 Å². The van der Waals surface area contributed by atoms with Crippen molar-refractivity contribution in [2.24, 2.45) is 0 Å². The molecule has 3 heteroatoms. The van der Waals surface area contributed by atoms with Crippen LogP contribution in [0.25, 0.3) is 0 Å². The van der Waals surface area contributed by atoms with Gasteiger partial charge in [0.15, 0.2) is 0 Å². The van der Waals surface area contributed by atoms with Gasteiger partial charge in [-0.2, -0.15) is 0 Å². The van der Waals surface area contributed by atoms with E-state index in [0.717, 1.165) is 5.56 Å². The fourth-order valence-electron chi connectivity index (χ4n) is 0.966. The van der Waals surface area contributed by atoms with Crippen LogP contribution in [-0.4, -0.2) is 19.3 Å². The average Bonchev–Trinajstić information content (AvgIpc) is 2.16. The van der Waals surface area contributed by atoms with E-state index in [0.29, 0.717) is 0 Å². The van der Waals surface area contributed by atoms with Crippen LogP contribution < -0.4 is 0 Å². The van der Waals surface area contributed by atoms with Crippen molar-refractivity contribution in [2.75, 3.05) is 13.3 Å². The second-order valence-electron chi connectivity index (χ2n) is 2.57. The van der Waals surface area contributed by atoms with Crippen molar-refractivity contribution in [1.29, 1.82) is 0 Å². The van der Waals surface area contributed by atoms with E-state index in [9.17, 15) is 9.18 Å². The fraction of sp³-hybridized carbons (Fsp3) is 0.300. The van der Waals surface area contributed by atoms with E-state index in [2.05, 4.69) is 4.74 Å². The van der Waals surface area contributed by atoms with Crippen LogP contribution in [0.4, 0.5) is 4.39 Å². The SMILES string of the molecule is O=C(Cc1ccccc1)OCCF. The Bertz CT molecular complexity index is 259. The molecule has 0 unspecified atom stereocenters. The molecule has 0 saturated heterocycles. The van der Waals surface area contributed by atoms with Crippen molar-refractivity contribution in [3.05, 3.63) is 35.9 Å². The van der Waals surface area contributed by atoms with Crippen LogP contribution >= 0.6 is 0 Å². The number of hydrogen-bond donors (Lipinski definition) is 0. The standard InChI is InChI=1S/C10H11FO2/c11-6-7-13-10(12)8-9-4-2-1-3-5-9/h1-5H,6-8H2. The zero-order chi connectivity index (χ0) is 9.52. The van der Waals surface area contributed by atoms with Crippen LogP contribution in [0.2, 0.25) is 0 Å². The highest BCUT2D eigenvalue weighted by molar-refractivity contribution is 5.72. The third kappa shape index (κ3) is 3.69. The largest absolute Gasteiger partial charge is 0.463 e. The summed E-state index contributed by atoms with van der Waals surface area (Å²) in [6.45, 7) is -0.772. The Morgan fingerprint density at radius 3 is 2.62 bits per heavy atom. The number of alkyl halides is 1. The zero-order valence-corrected chi connectivity index (χ0v) is 7.20. The topological polar surface area (TPSA) is 26.3 Å². The van der Waals surface area contributed by atoms with Crippen LogP contribution in [-0.2, 0) is 16.0 Å². The summed E-state index contributed by atoms with van der Waals surface area (Å²) in [6, 6.07) is 9.22. The van der Waals surface area contributed by atoms with E-state index in [1.165, 1.54) is 0 Å².